The molecule has 0 radical (unpaired) electrons. The fraction of sp³-hybridized carbons (Fsp3) is 0.444. The van der Waals surface area contributed by atoms with Gasteiger partial charge in [0, 0.05) is 32.1 Å². The van der Waals surface area contributed by atoms with E-state index < -0.39 is 0 Å². The Morgan fingerprint density at radius 1 is 1.28 bits per heavy atom. The van der Waals surface area contributed by atoms with Gasteiger partial charge in [-0.1, -0.05) is 29.3 Å². The van der Waals surface area contributed by atoms with Crippen LogP contribution in [0.2, 0.25) is 10.0 Å². The van der Waals surface area contributed by atoms with E-state index in [4.69, 9.17) is 27.9 Å². The molecule has 2 aliphatic rings. The van der Waals surface area contributed by atoms with Gasteiger partial charge in [0.1, 0.15) is 6.10 Å². The highest BCUT2D eigenvalue weighted by atomic mass is 35.5. The molecule has 2 atom stereocenters. The van der Waals surface area contributed by atoms with Crippen molar-refractivity contribution >= 4 is 41.1 Å². The topological polar surface area (TPSA) is 53.1 Å². The van der Waals surface area contributed by atoms with Gasteiger partial charge in [-0.3, -0.25) is 9.59 Å². The molecule has 7 heteroatoms. The van der Waals surface area contributed by atoms with Crippen LogP contribution in [0.1, 0.15) is 18.9 Å². The molecule has 2 heterocycles. The largest absolute Gasteiger partial charge is 0.371 e. The van der Waals surface area contributed by atoms with Crippen molar-refractivity contribution in [2.75, 3.05) is 26.2 Å². The van der Waals surface area contributed by atoms with Gasteiger partial charge >= 0.3 is 0 Å². The Labute approximate surface area is 157 Å². The number of hydrogen-bond acceptors (Lipinski definition) is 3. The average molecular weight is 383 g/mol. The van der Waals surface area contributed by atoms with Crippen LogP contribution < -0.4 is 0 Å². The van der Waals surface area contributed by atoms with Gasteiger partial charge in [0.15, 0.2) is 0 Å². The first kappa shape index (κ1) is 18.2. The zero-order valence-electron chi connectivity index (χ0n) is 14.0. The summed E-state index contributed by atoms with van der Waals surface area (Å²) in [5.74, 6) is -0.0391. The van der Waals surface area contributed by atoms with Crippen molar-refractivity contribution in [2.24, 2.45) is 0 Å². The maximum absolute atomic E-state index is 12.4. The first-order chi connectivity index (χ1) is 12.0. The third-order valence-electron chi connectivity index (χ3n) is 4.59. The molecule has 5 nitrogen and oxygen atoms in total. The van der Waals surface area contributed by atoms with Crippen LogP contribution in [-0.4, -0.2) is 60.0 Å². The normalized spacial score (nSPS) is 22.2. The van der Waals surface area contributed by atoms with Gasteiger partial charge in [-0.2, -0.15) is 0 Å². The summed E-state index contributed by atoms with van der Waals surface area (Å²) in [4.78, 5) is 28.3. The van der Waals surface area contributed by atoms with Crippen molar-refractivity contribution in [3.63, 3.8) is 0 Å². The van der Waals surface area contributed by atoms with Crippen LogP contribution >= 0.6 is 23.2 Å². The number of epoxide rings is 1. The first-order valence-electron chi connectivity index (χ1n) is 8.29. The number of carbonyl (C=O) groups excluding carboxylic acids is 2. The monoisotopic (exact) mass is 382 g/mol. The lowest BCUT2D eigenvalue weighted by Gasteiger charge is -2.27. The summed E-state index contributed by atoms with van der Waals surface area (Å²) in [5.41, 5.74) is 0.801. The third kappa shape index (κ3) is 4.54. The summed E-state index contributed by atoms with van der Waals surface area (Å²) in [6, 6.07) is 5.26. The number of hydrogen-bond donors (Lipinski definition) is 0. The van der Waals surface area contributed by atoms with E-state index in [1.54, 1.807) is 29.2 Å². The number of rotatable bonds is 4. The number of benzene rings is 1. The molecule has 3 rings (SSSR count). The van der Waals surface area contributed by atoms with Crippen LogP contribution in [0.5, 0.6) is 0 Å². The van der Waals surface area contributed by atoms with E-state index in [0.29, 0.717) is 42.7 Å². The smallest absolute Gasteiger partial charge is 0.246 e. The molecule has 0 aromatic heterocycles. The van der Waals surface area contributed by atoms with Crippen LogP contribution in [-0.2, 0) is 14.3 Å². The molecule has 0 N–H and O–H groups in total. The number of carbonyl (C=O) groups is 2. The van der Waals surface area contributed by atoms with Crippen molar-refractivity contribution in [3.05, 3.63) is 39.9 Å². The molecular formula is C18H20Cl2N2O3. The van der Waals surface area contributed by atoms with E-state index in [2.05, 4.69) is 0 Å². The Balaban J connectivity index is 1.61. The average Bonchev–Trinajstić information content (AvgIpc) is 3.43. The van der Waals surface area contributed by atoms with Gasteiger partial charge in [0.25, 0.3) is 0 Å². The van der Waals surface area contributed by atoms with Gasteiger partial charge in [-0.15, -0.1) is 0 Å². The molecule has 0 saturated carbocycles. The van der Waals surface area contributed by atoms with E-state index in [-0.39, 0.29) is 24.0 Å². The number of ether oxygens (including phenoxy) is 1. The summed E-state index contributed by atoms with van der Waals surface area (Å²) in [6.07, 6.45) is 3.69. The van der Waals surface area contributed by atoms with E-state index in [1.165, 1.54) is 6.08 Å². The summed E-state index contributed by atoms with van der Waals surface area (Å²) in [6.45, 7) is 4.19. The maximum atomic E-state index is 12.4. The number of amides is 2. The number of nitrogens with zero attached hydrogens (tertiary/aromatic N) is 2. The molecule has 1 aromatic rings. The molecule has 0 aliphatic carbocycles. The van der Waals surface area contributed by atoms with Crippen LogP contribution in [0, 0.1) is 0 Å². The van der Waals surface area contributed by atoms with E-state index in [1.807, 2.05) is 11.8 Å². The first-order valence-corrected chi connectivity index (χ1v) is 9.04. The van der Waals surface area contributed by atoms with Crippen LogP contribution in [0.4, 0.5) is 0 Å². The molecule has 134 valence electrons. The molecule has 2 fully saturated rings. The molecule has 2 aliphatic heterocycles. The van der Waals surface area contributed by atoms with Gasteiger partial charge in [-0.25, -0.2) is 0 Å². The Morgan fingerprint density at radius 3 is 2.72 bits per heavy atom. The zero-order valence-corrected chi connectivity index (χ0v) is 15.5. The Morgan fingerprint density at radius 2 is 2.04 bits per heavy atom. The molecule has 2 saturated heterocycles. The molecule has 2 amide bonds. The maximum Gasteiger partial charge on any atom is 0.246 e. The molecule has 0 spiro atoms. The molecule has 0 bridgehead atoms. The van der Waals surface area contributed by atoms with Crippen molar-refractivity contribution in [1.82, 2.24) is 9.80 Å². The quantitative estimate of drug-likeness (QED) is 0.594. The van der Waals surface area contributed by atoms with Crippen LogP contribution in [0.15, 0.2) is 24.3 Å². The second kappa shape index (κ2) is 7.77. The Kier molecular flexibility index (Phi) is 5.67. The lowest BCUT2D eigenvalue weighted by Crippen LogP contribution is -2.43. The summed E-state index contributed by atoms with van der Waals surface area (Å²) >= 11 is 11.9. The van der Waals surface area contributed by atoms with Gasteiger partial charge in [0.2, 0.25) is 11.8 Å². The third-order valence-corrected chi connectivity index (χ3v) is 5.33. The SMILES string of the molecule is CC(C1CO1)N1CCN(C(=O)C=Cc2ccc(Cl)c(Cl)c2)CCC1=O. The fourth-order valence-electron chi connectivity index (χ4n) is 2.91. The highest BCUT2D eigenvalue weighted by Gasteiger charge is 2.36. The Hall–Kier alpha value is -1.56. The Bertz CT molecular complexity index is 704. The second-order valence-corrected chi connectivity index (χ2v) is 7.10. The van der Waals surface area contributed by atoms with Crippen molar-refractivity contribution in [3.8, 4) is 0 Å². The minimum atomic E-state index is -0.115. The van der Waals surface area contributed by atoms with E-state index >= 15 is 0 Å². The highest BCUT2D eigenvalue weighted by molar-refractivity contribution is 6.42. The molecule has 25 heavy (non-hydrogen) atoms. The van der Waals surface area contributed by atoms with Crippen molar-refractivity contribution in [2.45, 2.75) is 25.5 Å². The predicted octanol–water partition coefficient (Wildman–Crippen LogP) is 2.85. The van der Waals surface area contributed by atoms with Gasteiger partial charge in [-0.05, 0) is 30.7 Å². The number of halogens is 2. The molecule has 1 aromatic carbocycles. The van der Waals surface area contributed by atoms with E-state index in [9.17, 15) is 9.59 Å². The minimum absolute atomic E-state index is 0.0642. The van der Waals surface area contributed by atoms with E-state index in [0.717, 1.165) is 5.56 Å². The summed E-state index contributed by atoms with van der Waals surface area (Å²) in [7, 11) is 0. The highest BCUT2D eigenvalue weighted by Crippen LogP contribution is 2.23. The summed E-state index contributed by atoms with van der Waals surface area (Å²) < 4.78 is 5.29. The lowest BCUT2D eigenvalue weighted by molar-refractivity contribution is -0.132. The van der Waals surface area contributed by atoms with Crippen LogP contribution in [0.25, 0.3) is 6.08 Å². The standard InChI is InChI=1S/C18H20Cl2N2O3/c1-12(16-11-25-16)22-9-8-21(7-6-18(22)24)17(23)5-3-13-2-4-14(19)15(20)10-13/h2-5,10,12,16H,6-9,11H2,1H3. The zero-order chi connectivity index (χ0) is 18.0. The minimum Gasteiger partial charge on any atom is -0.371 e. The molecular weight excluding hydrogens is 363 g/mol. The van der Waals surface area contributed by atoms with Gasteiger partial charge < -0.3 is 14.5 Å². The predicted molar refractivity (Wildman–Crippen MR) is 97.6 cm³/mol. The fourth-order valence-corrected chi connectivity index (χ4v) is 3.22. The summed E-state index contributed by atoms with van der Waals surface area (Å²) in [5, 5.41) is 0.925. The second-order valence-electron chi connectivity index (χ2n) is 6.28. The van der Waals surface area contributed by atoms with Crippen LogP contribution in [0.3, 0.4) is 0 Å². The van der Waals surface area contributed by atoms with Gasteiger partial charge in [0.05, 0.1) is 22.7 Å². The molecule has 2 unspecified atom stereocenters. The van der Waals surface area contributed by atoms with Crippen molar-refractivity contribution in [1.29, 1.82) is 0 Å². The van der Waals surface area contributed by atoms with Crippen molar-refractivity contribution < 1.29 is 14.3 Å². The lowest BCUT2D eigenvalue weighted by atomic mass is 10.2.